The third-order valence-corrected chi connectivity index (χ3v) is 3.86. The van der Waals surface area contributed by atoms with Crippen LogP contribution in [0.25, 0.3) is 0 Å². The number of nitrogens with zero attached hydrogens (tertiary/aromatic N) is 2. The van der Waals surface area contributed by atoms with Crippen LogP contribution in [0.1, 0.15) is 12.5 Å². The minimum Gasteiger partial charge on any atom is -0.308 e. The molecule has 0 aliphatic heterocycles. The summed E-state index contributed by atoms with van der Waals surface area (Å²) in [6.45, 7) is 4.33. The summed E-state index contributed by atoms with van der Waals surface area (Å²) >= 11 is 11.9. The van der Waals surface area contributed by atoms with E-state index in [1.54, 1.807) is 0 Å². The van der Waals surface area contributed by atoms with Gasteiger partial charge in [0.05, 0.1) is 10.0 Å². The number of hydrogen-bond donors (Lipinski definition) is 0. The molecule has 0 N–H and O–H groups in total. The molecule has 0 saturated heterocycles. The Labute approximate surface area is 120 Å². The maximum absolute atomic E-state index is 6.01. The van der Waals surface area contributed by atoms with Crippen LogP contribution in [0.2, 0.25) is 10.0 Å². The first-order valence-corrected chi connectivity index (χ1v) is 6.94. The van der Waals surface area contributed by atoms with Gasteiger partial charge in [-0.2, -0.15) is 0 Å². The van der Waals surface area contributed by atoms with Crippen LogP contribution >= 0.6 is 23.2 Å². The van der Waals surface area contributed by atoms with Crippen LogP contribution in [0.5, 0.6) is 0 Å². The van der Waals surface area contributed by atoms with Crippen molar-refractivity contribution in [2.75, 3.05) is 34.2 Å². The lowest BCUT2D eigenvalue weighted by Gasteiger charge is -2.27. The van der Waals surface area contributed by atoms with Crippen molar-refractivity contribution in [2.24, 2.45) is 0 Å². The average Bonchev–Trinajstić information content (AvgIpc) is 2.29. The quantitative estimate of drug-likeness (QED) is 0.791. The Morgan fingerprint density at radius 1 is 1.11 bits per heavy atom. The van der Waals surface area contributed by atoms with E-state index in [1.807, 2.05) is 18.2 Å². The van der Waals surface area contributed by atoms with Gasteiger partial charge in [-0.1, -0.05) is 29.3 Å². The molecule has 0 bridgehead atoms. The van der Waals surface area contributed by atoms with E-state index >= 15 is 0 Å². The highest BCUT2D eigenvalue weighted by molar-refractivity contribution is 6.42. The van der Waals surface area contributed by atoms with Crippen molar-refractivity contribution in [1.82, 2.24) is 9.80 Å². The van der Waals surface area contributed by atoms with Gasteiger partial charge in [-0.25, -0.2) is 0 Å². The third-order valence-electron chi connectivity index (χ3n) is 3.12. The van der Waals surface area contributed by atoms with Crippen LogP contribution in [0.3, 0.4) is 0 Å². The van der Waals surface area contributed by atoms with Crippen LogP contribution in [0, 0.1) is 0 Å². The smallest absolute Gasteiger partial charge is 0.0595 e. The van der Waals surface area contributed by atoms with Gasteiger partial charge in [0.1, 0.15) is 0 Å². The Morgan fingerprint density at radius 3 is 2.33 bits per heavy atom. The normalized spacial score (nSPS) is 13.3. The average molecular weight is 289 g/mol. The molecule has 4 heteroatoms. The minimum atomic E-state index is 0.544. The number of hydrogen-bond acceptors (Lipinski definition) is 2. The molecule has 0 saturated carbocycles. The van der Waals surface area contributed by atoms with E-state index in [2.05, 4.69) is 37.9 Å². The fraction of sp³-hybridized carbons (Fsp3) is 0.571. The molecule has 0 aromatic heterocycles. The predicted octanol–water partition coefficient (Wildman–Crippen LogP) is 3.42. The predicted molar refractivity (Wildman–Crippen MR) is 80.8 cm³/mol. The highest BCUT2D eigenvalue weighted by Crippen LogP contribution is 2.22. The van der Waals surface area contributed by atoms with Crippen LogP contribution < -0.4 is 0 Å². The van der Waals surface area contributed by atoms with Crippen molar-refractivity contribution < 1.29 is 0 Å². The first-order chi connectivity index (χ1) is 8.40. The van der Waals surface area contributed by atoms with E-state index in [0.717, 1.165) is 19.5 Å². The maximum Gasteiger partial charge on any atom is 0.0595 e. The summed E-state index contributed by atoms with van der Waals surface area (Å²) in [6.07, 6.45) is 0.991. The monoisotopic (exact) mass is 288 g/mol. The lowest BCUT2D eigenvalue weighted by Crippen LogP contribution is -2.38. The van der Waals surface area contributed by atoms with Gasteiger partial charge >= 0.3 is 0 Å². The molecule has 2 nitrogen and oxygen atoms in total. The van der Waals surface area contributed by atoms with E-state index in [4.69, 9.17) is 23.2 Å². The van der Waals surface area contributed by atoms with Crippen molar-refractivity contribution in [1.29, 1.82) is 0 Å². The van der Waals surface area contributed by atoms with Crippen molar-refractivity contribution in [3.05, 3.63) is 33.8 Å². The Kier molecular flexibility index (Phi) is 6.44. The number of benzene rings is 1. The largest absolute Gasteiger partial charge is 0.308 e. The molecule has 18 heavy (non-hydrogen) atoms. The van der Waals surface area contributed by atoms with Crippen LogP contribution in [-0.2, 0) is 6.42 Å². The van der Waals surface area contributed by atoms with E-state index in [0.29, 0.717) is 16.1 Å². The maximum atomic E-state index is 6.01. The van der Waals surface area contributed by atoms with Crippen LogP contribution in [0.15, 0.2) is 18.2 Å². The van der Waals surface area contributed by atoms with Crippen molar-refractivity contribution in [2.45, 2.75) is 19.4 Å². The number of likely N-dealkylation sites (N-methyl/N-ethyl adjacent to an activating group) is 2. The molecular formula is C14H22Cl2N2. The van der Waals surface area contributed by atoms with E-state index in [1.165, 1.54) is 5.56 Å². The molecule has 1 unspecified atom stereocenters. The standard InChI is InChI=1S/C14H22Cl2N2/c1-11(10-17(2)3)18(4)8-7-12-5-6-13(15)14(16)9-12/h5-6,9,11H,7-8,10H2,1-4H3. The topological polar surface area (TPSA) is 6.48 Å². The van der Waals surface area contributed by atoms with Gasteiger partial charge in [-0.15, -0.1) is 0 Å². The van der Waals surface area contributed by atoms with Gasteiger partial charge in [-0.05, 0) is 52.2 Å². The van der Waals surface area contributed by atoms with Gasteiger partial charge in [0, 0.05) is 19.1 Å². The lowest BCUT2D eigenvalue weighted by atomic mass is 10.1. The molecule has 0 spiro atoms. The molecule has 0 radical (unpaired) electrons. The van der Waals surface area contributed by atoms with Gasteiger partial charge < -0.3 is 9.80 Å². The highest BCUT2D eigenvalue weighted by Gasteiger charge is 2.10. The first-order valence-electron chi connectivity index (χ1n) is 6.19. The molecule has 1 aromatic carbocycles. The van der Waals surface area contributed by atoms with Crippen molar-refractivity contribution in [3.63, 3.8) is 0 Å². The molecule has 0 fully saturated rings. The molecule has 0 amide bonds. The Bertz CT molecular complexity index is 380. The second-order valence-corrected chi connectivity index (χ2v) is 5.90. The fourth-order valence-electron chi connectivity index (χ4n) is 1.89. The number of rotatable bonds is 6. The molecule has 0 heterocycles. The number of halogens is 2. The molecular weight excluding hydrogens is 267 g/mol. The lowest BCUT2D eigenvalue weighted by molar-refractivity contribution is 0.211. The van der Waals surface area contributed by atoms with E-state index in [-0.39, 0.29) is 0 Å². The fourth-order valence-corrected chi connectivity index (χ4v) is 2.21. The minimum absolute atomic E-state index is 0.544. The van der Waals surface area contributed by atoms with Crippen LogP contribution in [0.4, 0.5) is 0 Å². The molecule has 0 aliphatic rings. The zero-order valence-corrected chi connectivity index (χ0v) is 13.1. The summed E-state index contributed by atoms with van der Waals surface area (Å²) in [6, 6.07) is 6.40. The van der Waals surface area contributed by atoms with Gasteiger partial charge in [0.2, 0.25) is 0 Å². The van der Waals surface area contributed by atoms with E-state index in [9.17, 15) is 0 Å². The van der Waals surface area contributed by atoms with Gasteiger partial charge in [0.15, 0.2) is 0 Å². The Morgan fingerprint density at radius 2 is 1.78 bits per heavy atom. The summed E-state index contributed by atoms with van der Waals surface area (Å²) in [7, 11) is 6.36. The highest BCUT2D eigenvalue weighted by atomic mass is 35.5. The summed E-state index contributed by atoms with van der Waals surface area (Å²) in [4.78, 5) is 4.57. The summed E-state index contributed by atoms with van der Waals surface area (Å²) in [5.41, 5.74) is 1.23. The van der Waals surface area contributed by atoms with Crippen molar-refractivity contribution in [3.8, 4) is 0 Å². The second kappa shape index (κ2) is 7.34. The first kappa shape index (κ1) is 15.8. The SMILES string of the molecule is CC(CN(C)C)N(C)CCc1ccc(Cl)c(Cl)c1. The Hall–Kier alpha value is -0.280. The van der Waals surface area contributed by atoms with Crippen molar-refractivity contribution >= 4 is 23.2 Å². The third kappa shape index (κ3) is 5.15. The molecule has 1 aromatic rings. The summed E-state index contributed by atoms with van der Waals surface area (Å²) in [5, 5.41) is 1.26. The molecule has 1 atom stereocenters. The van der Waals surface area contributed by atoms with Gasteiger partial charge in [-0.3, -0.25) is 0 Å². The Balaban J connectivity index is 2.46. The van der Waals surface area contributed by atoms with E-state index < -0.39 is 0 Å². The molecule has 0 aliphatic carbocycles. The zero-order valence-electron chi connectivity index (χ0n) is 11.6. The summed E-state index contributed by atoms with van der Waals surface area (Å²) in [5.74, 6) is 0. The second-order valence-electron chi connectivity index (χ2n) is 5.09. The summed E-state index contributed by atoms with van der Waals surface area (Å²) < 4.78 is 0. The van der Waals surface area contributed by atoms with Gasteiger partial charge in [0.25, 0.3) is 0 Å². The molecule has 102 valence electrons. The van der Waals surface area contributed by atoms with Crippen LogP contribution in [-0.4, -0.2) is 50.1 Å². The molecule has 1 rings (SSSR count). The zero-order chi connectivity index (χ0) is 13.7.